The Labute approximate surface area is 113 Å². The molecule has 1 fully saturated rings. The molecule has 2 aromatic rings. The molecule has 3 heteroatoms. The van der Waals surface area contributed by atoms with E-state index in [0.29, 0.717) is 6.67 Å². The molecular weight excluding hydrogens is 236 g/mol. The number of hydrogen-bond donors (Lipinski definition) is 0. The van der Waals surface area contributed by atoms with Gasteiger partial charge in [-0.1, -0.05) is 36.4 Å². The van der Waals surface area contributed by atoms with Gasteiger partial charge in [0, 0.05) is 24.3 Å². The number of nitrogens with zero attached hydrogens (tertiary/aromatic N) is 2. The average Bonchev–Trinajstić information content (AvgIpc) is 2.98. The molecule has 0 aromatic heterocycles. The molecule has 0 spiro atoms. The number of benzene rings is 2. The monoisotopic (exact) mass is 252 g/mol. The lowest BCUT2D eigenvalue weighted by molar-refractivity contribution is 0.0794. The number of carbonyl (C=O) groups is 1. The maximum absolute atomic E-state index is 12.3. The fraction of sp³-hybridized carbons (Fsp3) is 0.188. The Balaban J connectivity index is 1.71. The summed E-state index contributed by atoms with van der Waals surface area (Å²) in [6.45, 7) is 2.34. The Morgan fingerprint density at radius 3 is 2.16 bits per heavy atom. The fourth-order valence-corrected chi connectivity index (χ4v) is 2.37. The number of anilines is 1. The van der Waals surface area contributed by atoms with Gasteiger partial charge in [-0.25, -0.2) is 0 Å². The molecule has 0 aliphatic carbocycles. The van der Waals surface area contributed by atoms with E-state index in [4.69, 9.17) is 0 Å². The summed E-state index contributed by atoms with van der Waals surface area (Å²) in [7, 11) is 0. The van der Waals surface area contributed by atoms with Crippen molar-refractivity contribution in [2.24, 2.45) is 0 Å². The van der Waals surface area contributed by atoms with Gasteiger partial charge in [-0.15, -0.1) is 0 Å². The highest BCUT2D eigenvalue weighted by Gasteiger charge is 2.24. The summed E-state index contributed by atoms with van der Waals surface area (Å²) < 4.78 is 0. The normalized spacial score (nSPS) is 14.7. The molecule has 0 bridgehead atoms. The predicted molar refractivity (Wildman–Crippen MR) is 76.1 cm³/mol. The van der Waals surface area contributed by atoms with Crippen LogP contribution in [0, 0.1) is 0 Å². The molecule has 0 unspecified atom stereocenters. The molecule has 3 nitrogen and oxygen atoms in total. The summed E-state index contributed by atoms with van der Waals surface area (Å²) >= 11 is 0. The molecule has 19 heavy (non-hydrogen) atoms. The van der Waals surface area contributed by atoms with Crippen LogP contribution in [-0.4, -0.2) is 30.6 Å². The largest absolute Gasteiger partial charge is 0.352 e. The Hall–Kier alpha value is -2.29. The predicted octanol–water partition coefficient (Wildman–Crippen LogP) is 2.61. The minimum Gasteiger partial charge on any atom is -0.352 e. The summed E-state index contributed by atoms with van der Waals surface area (Å²) in [5.41, 5.74) is 1.93. The second-order valence-electron chi connectivity index (χ2n) is 4.68. The van der Waals surface area contributed by atoms with E-state index in [1.54, 1.807) is 0 Å². The van der Waals surface area contributed by atoms with Crippen molar-refractivity contribution in [1.82, 2.24) is 4.90 Å². The number of para-hydroxylation sites is 1. The number of rotatable bonds is 2. The number of amides is 1. The van der Waals surface area contributed by atoms with Crippen molar-refractivity contribution < 1.29 is 4.79 Å². The molecule has 3 rings (SSSR count). The first-order valence-corrected chi connectivity index (χ1v) is 6.49. The van der Waals surface area contributed by atoms with Gasteiger partial charge in [0.1, 0.15) is 0 Å². The average molecular weight is 252 g/mol. The number of carbonyl (C=O) groups excluding carboxylic acids is 1. The van der Waals surface area contributed by atoms with Gasteiger partial charge in [-0.05, 0) is 24.3 Å². The molecule has 1 saturated heterocycles. The van der Waals surface area contributed by atoms with Gasteiger partial charge in [-0.3, -0.25) is 4.79 Å². The Morgan fingerprint density at radius 1 is 0.842 bits per heavy atom. The van der Waals surface area contributed by atoms with Crippen LogP contribution < -0.4 is 4.90 Å². The smallest absolute Gasteiger partial charge is 0.255 e. The van der Waals surface area contributed by atoms with Crippen molar-refractivity contribution in [2.75, 3.05) is 24.7 Å². The first kappa shape index (κ1) is 11.8. The Kier molecular flexibility index (Phi) is 3.19. The van der Waals surface area contributed by atoms with Gasteiger partial charge in [0.25, 0.3) is 5.91 Å². The van der Waals surface area contributed by atoms with Crippen LogP contribution in [-0.2, 0) is 0 Å². The van der Waals surface area contributed by atoms with E-state index in [1.165, 1.54) is 5.69 Å². The van der Waals surface area contributed by atoms with Gasteiger partial charge >= 0.3 is 0 Å². The molecule has 0 saturated carbocycles. The van der Waals surface area contributed by atoms with E-state index >= 15 is 0 Å². The van der Waals surface area contributed by atoms with Gasteiger partial charge in [-0.2, -0.15) is 0 Å². The second-order valence-corrected chi connectivity index (χ2v) is 4.68. The van der Waals surface area contributed by atoms with Crippen LogP contribution in [0.15, 0.2) is 60.7 Å². The summed E-state index contributed by atoms with van der Waals surface area (Å²) in [6, 6.07) is 19.7. The van der Waals surface area contributed by atoms with Crippen LogP contribution in [0.4, 0.5) is 5.69 Å². The molecule has 0 radical (unpaired) electrons. The van der Waals surface area contributed by atoms with Crippen molar-refractivity contribution in [3.8, 4) is 0 Å². The third-order valence-corrected chi connectivity index (χ3v) is 3.41. The third kappa shape index (κ3) is 2.45. The topological polar surface area (TPSA) is 23.6 Å². The zero-order valence-corrected chi connectivity index (χ0v) is 10.7. The molecule has 96 valence electrons. The van der Waals surface area contributed by atoms with Crippen LogP contribution in [0.5, 0.6) is 0 Å². The zero-order valence-electron chi connectivity index (χ0n) is 10.7. The van der Waals surface area contributed by atoms with Gasteiger partial charge in [0.2, 0.25) is 0 Å². The zero-order chi connectivity index (χ0) is 13.1. The Morgan fingerprint density at radius 2 is 1.47 bits per heavy atom. The highest BCUT2D eigenvalue weighted by molar-refractivity contribution is 5.94. The van der Waals surface area contributed by atoms with Crippen LogP contribution in [0.3, 0.4) is 0 Å². The minimum absolute atomic E-state index is 0.110. The molecular formula is C16H16N2O. The first-order chi connectivity index (χ1) is 9.34. The summed E-state index contributed by atoms with van der Waals surface area (Å²) in [5.74, 6) is 0.110. The lowest BCUT2D eigenvalue weighted by atomic mass is 10.2. The third-order valence-electron chi connectivity index (χ3n) is 3.41. The fourth-order valence-electron chi connectivity index (χ4n) is 2.37. The maximum Gasteiger partial charge on any atom is 0.255 e. The summed E-state index contributed by atoms with van der Waals surface area (Å²) in [4.78, 5) is 16.4. The standard InChI is InChI=1S/C16H16N2O/c19-16(14-7-3-1-4-8-14)18-12-11-17(13-18)15-9-5-2-6-10-15/h1-10H,11-13H2. The molecule has 1 amide bonds. The van der Waals surface area contributed by atoms with Crippen LogP contribution in [0.1, 0.15) is 10.4 Å². The van der Waals surface area contributed by atoms with Crippen LogP contribution in [0.2, 0.25) is 0 Å². The van der Waals surface area contributed by atoms with Crippen molar-refractivity contribution in [3.63, 3.8) is 0 Å². The molecule has 0 atom stereocenters. The maximum atomic E-state index is 12.3. The van der Waals surface area contributed by atoms with E-state index in [-0.39, 0.29) is 5.91 Å². The van der Waals surface area contributed by atoms with Gasteiger partial charge in [0.05, 0.1) is 6.67 Å². The van der Waals surface area contributed by atoms with Crippen molar-refractivity contribution in [2.45, 2.75) is 0 Å². The molecule has 1 aliphatic rings. The quantitative estimate of drug-likeness (QED) is 0.820. The van der Waals surface area contributed by atoms with E-state index in [0.717, 1.165) is 18.7 Å². The van der Waals surface area contributed by atoms with E-state index in [1.807, 2.05) is 53.4 Å². The lowest BCUT2D eigenvalue weighted by Gasteiger charge is -2.19. The number of hydrogen-bond acceptors (Lipinski definition) is 2. The van der Waals surface area contributed by atoms with Gasteiger partial charge in [0.15, 0.2) is 0 Å². The summed E-state index contributed by atoms with van der Waals surface area (Å²) in [5, 5.41) is 0. The highest BCUT2D eigenvalue weighted by atomic mass is 16.2. The molecule has 1 heterocycles. The van der Waals surface area contributed by atoms with Crippen molar-refractivity contribution in [1.29, 1.82) is 0 Å². The van der Waals surface area contributed by atoms with Crippen molar-refractivity contribution in [3.05, 3.63) is 66.2 Å². The first-order valence-electron chi connectivity index (χ1n) is 6.49. The van der Waals surface area contributed by atoms with E-state index in [2.05, 4.69) is 17.0 Å². The van der Waals surface area contributed by atoms with Gasteiger partial charge < -0.3 is 9.80 Å². The van der Waals surface area contributed by atoms with Crippen molar-refractivity contribution >= 4 is 11.6 Å². The van der Waals surface area contributed by atoms with Crippen LogP contribution in [0.25, 0.3) is 0 Å². The molecule has 1 aliphatic heterocycles. The lowest BCUT2D eigenvalue weighted by Crippen LogP contribution is -2.31. The van der Waals surface area contributed by atoms with E-state index in [9.17, 15) is 4.79 Å². The summed E-state index contributed by atoms with van der Waals surface area (Å²) in [6.07, 6.45) is 0. The molecule has 0 N–H and O–H groups in total. The Bertz CT molecular complexity index is 553. The molecule has 2 aromatic carbocycles. The highest BCUT2D eigenvalue weighted by Crippen LogP contribution is 2.18. The van der Waals surface area contributed by atoms with Crippen LogP contribution >= 0.6 is 0 Å². The second kappa shape index (κ2) is 5.14. The van der Waals surface area contributed by atoms with E-state index < -0.39 is 0 Å². The minimum atomic E-state index is 0.110. The SMILES string of the molecule is O=C(c1ccccc1)N1CCN(c2ccccc2)C1.